The first kappa shape index (κ1) is 13.5. The lowest BCUT2D eigenvalue weighted by Crippen LogP contribution is -1.96. The second-order valence-electron chi connectivity index (χ2n) is 3.58. The van der Waals surface area contributed by atoms with Crippen LogP contribution >= 0.6 is 27.5 Å². The molecule has 0 spiro atoms. The molecule has 2 rings (SSSR count). The molecule has 0 fully saturated rings. The number of nitrogens with one attached hydrogen (secondary N) is 2. The van der Waals surface area contributed by atoms with Crippen molar-refractivity contribution in [3.05, 3.63) is 39.2 Å². The van der Waals surface area contributed by atoms with Crippen LogP contribution in [0, 0.1) is 18.3 Å². The Morgan fingerprint density at radius 1 is 1.58 bits per heavy atom. The van der Waals surface area contributed by atoms with Crippen LogP contribution in [0.25, 0.3) is 5.57 Å². The molecule has 96 valence electrons. The maximum absolute atomic E-state index is 9.05. The average Bonchev–Trinajstić information content (AvgIpc) is 2.92. The monoisotopic (exact) mass is 338 g/mol. The van der Waals surface area contributed by atoms with Crippen molar-refractivity contribution in [1.82, 2.24) is 20.6 Å². The highest BCUT2D eigenvalue weighted by Crippen LogP contribution is 2.31. The molecule has 0 aliphatic carbocycles. The maximum Gasteiger partial charge on any atom is 0.216 e. The first-order valence-corrected chi connectivity index (χ1v) is 6.35. The zero-order chi connectivity index (χ0) is 13.8. The van der Waals surface area contributed by atoms with E-state index < -0.39 is 0 Å². The minimum Gasteiger partial charge on any atom is -0.359 e. The van der Waals surface area contributed by atoms with E-state index >= 15 is 0 Å². The second kappa shape index (κ2) is 5.82. The summed E-state index contributed by atoms with van der Waals surface area (Å²) >= 11 is 9.47. The Morgan fingerprint density at radius 2 is 2.37 bits per heavy atom. The van der Waals surface area contributed by atoms with Crippen molar-refractivity contribution in [3.8, 4) is 6.07 Å². The molecule has 0 saturated heterocycles. The van der Waals surface area contributed by atoms with Crippen LogP contribution in [0.1, 0.15) is 11.4 Å². The summed E-state index contributed by atoms with van der Waals surface area (Å²) in [4.78, 5) is 0. The van der Waals surface area contributed by atoms with Crippen molar-refractivity contribution in [1.29, 1.82) is 5.26 Å². The molecule has 1 heterocycles. The number of aromatic nitrogens is 4. The van der Waals surface area contributed by atoms with E-state index in [-0.39, 0.29) is 11.4 Å². The van der Waals surface area contributed by atoms with Gasteiger partial charge < -0.3 is 5.32 Å². The number of nitrogens with zero attached hydrogens (tertiary/aromatic N) is 4. The van der Waals surface area contributed by atoms with E-state index in [2.05, 4.69) is 41.9 Å². The Bertz CT molecular complexity index is 659. The van der Waals surface area contributed by atoms with E-state index in [4.69, 9.17) is 16.9 Å². The van der Waals surface area contributed by atoms with Crippen molar-refractivity contribution in [3.63, 3.8) is 0 Å². The van der Waals surface area contributed by atoms with Gasteiger partial charge in [0.1, 0.15) is 11.6 Å². The van der Waals surface area contributed by atoms with E-state index in [1.165, 1.54) is 6.20 Å². The molecule has 1 aromatic carbocycles. The number of H-pyrrole nitrogens is 1. The van der Waals surface area contributed by atoms with Gasteiger partial charge in [-0.3, -0.25) is 0 Å². The predicted octanol–water partition coefficient (Wildman–Crippen LogP) is 2.90. The number of benzene rings is 1. The molecule has 0 aliphatic rings. The van der Waals surface area contributed by atoms with Crippen LogP contribution in [0.4, 0.5) is 5.69 Å². The normalized spacial score (nSPS) is 11.2. The maximum atomic E-state index is 9.05. The summed E-state index contributed by atoms with van der Waals surface area (Å²) in [6.45, 7) is 1.88. The van der Waals surface area contributed by atoms with E-state index in [9.17, 15) is 0 Å². The van der Waals surface area contributed by atoms with Gasteiger partial charge in [0.25, 0.3) is 0 Å². The van der Waals surface area contributed by atoms with E-state index in [0.29, 0.717) is 5.02 Å². The van der Waals surface area contributed by atoms with Crippen molar-refractivity contribution >= 4 is 38.8 Å². The van der Waals surface area contributed by atoms with E-state index in [1.807, 2.05) is 19.1 Å². The van der Waals surface area contributed by atoms with Crippen LogP contribution in [0.5, 0.6) is 0 Å². The second-order valence-corrected chi connectivity index (χ2v) is 4.84. The Kier molecular flexibility index (Phi) is 4.14. The molecule has 0 bridgehead atoms. The van der Waals surface area contributed by atoms with Gasteiger partial charge in [0.15, 0.2) is 0 Å². The van der Waals surface area contributed by atoms with Crippen LogP contribution in [0.3, 0.4) is 0 Å². The number of tetrazole rings is 1. The minimum absolute atomic E-state index is 0.228. The summed E-state index contributed by atoms with van der Waals surface area (Å²) < 4.78 is 0.844. The van der Waals surface area contributed by atoms with Crippen LogP contribution < -0.4 is 5.32 Å². The minimum atomic E-state index is 0.228. The molecule has 0 aliphatic heterocycles. The molecule has 0 amide bonds. The van der Waals surface area contributed by atoms with Crippen molar-refractivity contribution in [2.24, 2.45) is 0 Å². The van der Waals surface area contributed by atoms with Gasteiger partial charge in [-0.15, -0.1) is 10.2 Å². The molecule has 6 nitrogen and oxygen atoms in total. The first-order chi connectivity index (χ1) is 9.13. The summed E-state index contributed by atoms with van der Waals surface area (Å²) in [6.07, 6.45) is 1.51. The smallest absolute Gasteiger partial charge is 0.216 e. The highest BCUT2D eigenvalue weighted by Gasteiger charge is 2.09. The number of anilines is 1. The van der Waals surface area contributed by atoms with Crippen LogP contribution in [-0.4, -0.2) is 20.6 Å². The fourth-order valence-corrected chi connectivity index (χ4v) is 2.10. The molecule has 0 atom stereocenters. The van der Waals surface area contributed by atoms with Gasteiger partial charge in [-0.2, -0.15) is 10.5 Å². The predicted molar refractivity (Wildman–Crippen MR) is 75.3 cm³/mol. The molecule has 19 heavy (non-hydrogen) atoms. The number of hydrogen-bond donors (Lipinski definition) is 2. The lowest BCUT2D eigenvalue weighted by atomic mass is 10.2. The largest absolute Gasteiger partial charge is 0.359 e. The summed E-state index contributed by atoms with van der Waals surface area (Å²) in [5, 5.41) is 25.9. The van der Waals surface area contributed by atoms with Gasteiger partial charge in [0.2, 0.25) is 5.82 Å². The number of allylic oxidation sites excluding steroid dienone is 1. The number of rotatable bonds is 3. The van der Waals surface area contributed by atoms with Crippen LogP contribution in [0.15, 0.2) is 22.8 Å². The number of aromatic amines is 1. The SMILES string of the molecule is Cc1c(Cl)ccc(Br)c1NC=C(C#N)c1nn[nH]n1. The van der Waals surface area contributed by atoms with E-state index in [1.54, 1.807) is 6.07 Å². The molecule has 2 N–H and O–H groups in total. The van der Waals surface area contributed by atoms with Gasteiger partial charge in [-0.1, -0.05) is 11.6 Å². The summed E-state index contributed by atoms with van der Waals surface area (Å²) in [7, 11) is 0. The quantitative estimate of drug-likeness (QED) is 0.839. The Balaban J connectivity index is 2.32. The fourth-order valence-electron chi connectivity index (χ4n) is 1.40. The van der Waals surface area contributed by atoms with Gasteiger partial charge in [0.05, 0.1) is 5.69 Å². The molecule has 1 aromatic heterocycles. The van der Waals surface area contributed by atoms with Crippen LogP contribution in [0.2, 0.25) is 5.02 Å². The molecule has 0 saturated carbocycles. The van der Waals surface area contributed by atoms with E-state index in [0.717, 1.165) is 15.7 Å². The summed E-state index contributed by atoms with van der Waals surface area (Å²) in [5.74, 6) is 0.228. The van der Waals surface area contributed by atoms with Gasteiger partial charge in [-0.05, 0) is 45.8 Å². The van der Waals surface area contributed by atoms with Crippen molar-refractivity contribution in [2.75, 3.05) is 5.32 Å². The van der Waals surface area contributed by atoms with Gasteiger partial charge >= 0.3 is 0 Å². The summed E-state index contributed by atoms with van der Waals surface area (Å²) in [6, 6.07) is 5.61. The molecule has 0 radical (unpaired) electrons. The third-order valence-electron chi connectivity index (χ3n) is 2.42. The number of halogens is 2. The zero-order valence-corrected chi connectivity index (χ0v) is 12.1. The number of nitriles is 1. The highest BCUT2D eigenvalue weighted by atomic mass is 79.9. The van der Waals surface area contributed by atoms with Crippen molar-refractivity contribution in [2.45, 2.75) is 6.92 Å². The van der Waals surface area contributed by atoms with Crippen molar-refractivity contribution < 1.29 is 0 Å². The first-order valence-electron chi connectivity index (χ1n) is 5.18. The number of hydrogen-bond acceptors (Lipinski definition) is 5. The summed E-state index contributed by atoms with van der Waals surface area (Å²) in [5.41, 5.74) is 1.92. The molecular weight excluding hydrogens is 332 g/mol. The third kappa shape index (κ3) is 2.92. The zero-order valence-electron chi connectivity index (χ0n) is 9.78. The topological polar surface area (TPSA) is 90.3 Å². The Labute approximate surface area is 122 Å². The standard InChI is InChI=1S/C11H8BrClN6/c1-6-9(13)3-2-8(12)10(6)15-5-7(4-14)11-16-18-19-17-11/h2-3,5,15H,1H3,(H,16,17,18,19). The Hall–Kier alpha value is -1.91. The van der Waals surface area contributed by atoms with Gasteiger partial charge in [0, 0.05) is 15.7 Å². The lowest BCUT2D eigenvalue weighted by molar-refractivity contribution is 0.881. The molecular formula is C11H8BrClN6. The lowest BCUT2D eigenvalue weighted by Gasteiger charge is -2.09. The third-order valence-corrected chi connectivity index (χ3v) is 3.49. The molecule has 2 aromatic rings. The fraction of sp³-hybridized carbons (Fsp3) is 0.0909. The molecule has 0 unspecified atom stereocenters. The van der Waals surface area contributed by atoms with Crippen LogP contribution in [-0.2, 0) is 0 Å². The molecule has 8 heteroatoms. The van der Waals surface area contributed by atoms with Gasteiger partial charge in [-0.25, -0.2) is 0 Å². The average molecular weight is 340 g/mol. The Morgan fingerprint density at radius 3 is 3.00 bits per heavy atom. The highest BCUT2D eigenvalue weighted by molar-refractivity contribution is 9.10.